The molecule has 0 saturated heterocycles. The van der Waals surface area contributed by atoms with Gasteiger partial charge in [-0.15, -0.1) is 11.3 Å². The third kappa shape index (κ3) is 4.60. The van der Waals surface area contributed by atoms with Crippen LogP contribution in [0.3, 0.4) is 0 Å². The Balaban J connectivity index is 1.72. The molecule has 2 aromatic carbocycles. The summed E-state index contributed by atoms with van der Waals surface area (Å²) >= 11 is 1.53. The van der Waals surface area contributed by atoms with E-state index in [1.54, 1.807) is 24.3 Å². The van der Waals surface area contributed by atoms with Crippen molar-refractivity contribution in [2.24, 2.45) is 0 Å². The normalized spacial score (nSPS) is 10.5. The first-order chi connectivity index (χ1) is 13.0. The maximum absolute atomic E-state index is 12.4. The molecule has 0 radical (unpaired) electrons. The van der Waals surface area contributed by atoms with Crippen molar-refractivity contribution in [1.82, 2.24) is 4.98 Å². The number of benzene rings is 2. The fourth-order valence-electron chi connectivity index (χ4n) is 2.69. The zero-order valence-electron chi connectivity index (χ0n) is 15.4. The zero-order valence-corrected chi connectivity index (χ0v) is 16.2. The van der Waals surface area contributed by atoms with Gasteiger partial charge in [-0.25, -0.2) is 9.78 Å². The Hall–Kier alpha value is -2.99. The van der Waals surface area contributed by atoms with Crippen LogP contribution in [-0.2, 0) is 16.0 Å². The molecule has 0 saturated carbocycles. The van der Waals surface area contributed by atoms with E-state index in [9.17, 15) is 9.59 Å². The molecule has 1 amide bonds. The Kier molecular flexibility index (Phi) is 5.66. The van der Waals surface area contributed by atoms with Gasteiger partial charge in [0.1, 0.15) is 5.01 Å². The van der Waals surface area contributed by atoms with Crippen LogP contribution in [0.4, 0.5) is 5.69 Å². The number of esters is 1. The highest BCUT2D eigenvalue weighted by atomic mass is 32.1. The van der Waals surface area contributed by atoms with Crippen molar-refractivity contribution in [3.05, 3.63) is 70.2 Å². The third-order valence-electron chi connectivity index (χ3n) is 4.05. The van der Waals surface area contributed by atoms with Crippen molar-refractivity contribution < 1.29 is 14.3 Å². The summed E-state index contributed by atoms with van der Waals surface area (Å²) in [7, 11) is 1.33. The molecule has 3 rings (SSSR count). The number of methoxy groups -OCH3 is 1. The van der Waals surface area contributed by atoms with Gasteiger partial charge in [-0.1, -0.05) is 29.8 Å². The lowest BCUT2D eigenvalue weighted by atomic mass is 10.1. The molecule has 5 nitrogen and oxygen atoms in total. The van der Waals surface area contributed by atoms with Crippen LogP contribution >= 0.6 is 11.3 Å². The van der Waals surface area contributed by atoms with Gasteiger partial charge in [-0.3, -0.25) is 4.79 Å². The minimum Gasteiger partial charge on any atom is -0.465 e. The number of thiazole rings is 1. The van der Waals surface area contributed by atoms with Gasteiger partial charge in [0.05, 0.1) is 24.8 Å². The average Bonchev–Trinajstić information content (AvgIpc) is 3.01. The highest BCUT2D eigenvalue weighted by molar-refractivity contribution is 7.15. The van der Waals surface area contributed by atoms with E-state index in [-0.39, 0.29) is 12.3 Å². The number of carbonyl (C=O) groups is 2. The van der Waals surface area contributed by atoms with Gasteiger partial charge in [0.15, 0.2) is 0 Å². The van der Waals surface area contributed by atoms with Crippen LogP contribution in [0.15, 0.2) is 48.5 Å². The number of nitrogens with zero attached hydrogens (tertiary/aromatic N) is 1. The number of ether oxygens (including phenoxy) is 1. The standard InChI is InChI=1S/C21H20N2O3S/c1-13-6-4-7-15(10-13)20-22-14(2)18(27-20)12-19(24)23-17-9-5-8-16(11-17)21(25)26-3/h4-11H,12H2,1-3H3,(H,23,24). The van der Waals surface area contributed by atoms with Gasteiger partial charge in [0, 0.05) is 16.1 Å². The molecule has 0 aliphatic carbocycles. The first kappa shape index (κ1) is 18.8. The lowest BCUT2D eigenvalue weighted by molar-refractivity contribution is -0.115. The fraction of sp³-hybridized carbons (Fsp3) is 0.190. The molecule has 3 aromatic rings. The van der Waals surface area contributed by atoms with Gasteiger partial charge in [-0.05, 0) is 38.1 Å². The molecular formula is C21H20N2O3S. The van der Waals surface area contributed by atoms with Crippen molar-refractivity contribution >= 4 is 28.9 Å². The van der Waals surface area contributed by atoms with Crippen LogP contribution in [0.25, 0.3) is 10.6 Å². The van der Waals surface area contributed by atoms with Gasteiger partial charge < -0.3 is 10.1 Å². The minimum atomic E-state index is -0.438. The second-order valence-corrected chi connectivity index (χ2v) is 7.28. The smallest absolute Gasteiger partial charge is 0.337 e. The molecule has 0 fully saturated rings. The molecule has 0 aliphatic rings. The summed E-state index contributed by atoms with van der Waals surface area (Å²) in [6.07, 6.45) is 0.234. The second kappa shape index (κ2) is 8.14. The number of carbonyl (C=O) groups excluding carboxylic acids is 2. The Morgan fingerprint density at radius 3 is 2.63 bits per heavy atom. The van der Waals surface area contributed by atoms with Crippen LogP contribution in [0.2, 0.25) is 0 Å². The largest absolute Gasteiger partial charge is 0.465 e. The first-order valence-electron chi connectivity index (χ1n) is 8.48. The number of nitrogens with one attached hydrogen (secondary N) is 1. The number of anilines is 1. The van der Waals surface area contributed by atoms with Crippen molar-refractivity contribution in [3.8, 4) is 10.6 Å². The predicted molar refractivity (Wildman–Crippen MR) is 107 cm³/mol. The van der Waals surface area contributed by atoms with E-state index in [4.69, 9.17) is 4.74 Å². The van der Waals surface area contributed by atoms with Gasteiger partial charge in [-0.2, -0.15) is 0 Å². The van der Waals surface area contributed by atoms with E-state index in [2.05, 4.69) is 16.4 Å². The maximum atomic E-state index is 12.4. The van der Waals surface area contributed by atoms with Crippen molar-refractivity contribution in [3.63, 3.8) is 0 Å². The summed E-state index contributed by atoms with van der Waals surface area (Å²) in [4.78, 5) is 29.6. The second-order valence-electron chi connectivity index (χ2n) is 6.19. The van der Waals surface area contributed by atoms with E-state index in [0.717, 1.165) is 21.1 Å². The van der Waals surface area contributed by atoms with Crippen LogP contribution in [0.5, 0.6) is 0 Å². The summed E-state index contributed by atoms with van der Waals surface area (Å²) in [6.45, 7) is 3.96. The van der Waals surface area contributed by atoms with Crippen LogP contribution in [-0.4, -0.2) is 24.0 Å². The molecule has 6 heteroatoms. The molecular weight excluding hydrogens is 360 g/mol. The van der Waals surface area contributed by atoms with Crippen molar-refractivity contribution in [2.75, 3.05) is 12.4 Å². The van der Waals surface area contributed by atoms with E-state index in [1.807, 2.05) is 32.0 Å². The lowest BCUT2D eigenvalue weighted by Crippen LogP contribution is -2.14. The number of hydrogen-bond acceptors (Lipinski definition) is 5. The van der Waals surface area contributed by atoms with Gasteiger partial charge in [0.25, 0.3) is 0 Å². The van der Waals surface area contributed by atoms with Crippen LogP contribution in [0.1, 0.15) is 26.5 Å². The summed E-state index contributed by atoms with van der Waals surface area (Å²) in [5.41, 5.74) is 4.04. The van der Waals surface area contributed by atoms with Crippen LogP contribution in [0, 0.1) is 13.8 Å². The third-order valence-corrected chi connectivity index (χ3v) is 5.25. The molecule has 0 spiro atoms. The Bertz CT molecular complexity index is 995. The highest BCUT2D eigenvalue weighted by Crippen LogP contribution is 2.29. The first-order valence-corrected chi connectivity index (χ1v) is 9.29. The zero-order chi connectivity index (χ0) is 19.4. The number of hydrogen-bond donors (Lipinski definition) is 1. The fourth-order valence-corrected chi connectivity index (χ4v) is 3.74. The van der Waals surface area contributed by atoms with Crippen LogP contribution < -0.4 is 5.32 Å². The summed E-state index contributed by atoms with van der Waals surface area (Å²) in [5, 5.41) is 3.74. The maximum Gasteiger partial charge on any atom is 0.337 e. The molecule has 0 atom stereocenters. The average molecular weight is 380 g/mol. The van der Waals surface area contributed by atoms with Crippen molar-refractivity contribution in [1.29, 1.82) is 0 Å². The van der Waals surface area contributed by atoms with E-state index >= 15 is 0 Å². The Morgan fingerprint density at radius 1 is 1.11 bits per heavy atom. The number of amides is 1. The lowest BCUT2D eigenvalue weighted by Gasteiger charge is -2.06. The SMILES string of the molecule is COC(=O)c1cccc(NC(=O)Cc2sc(-c3cccc(C)c3)nc2C)c1. The van der Waals surface area contributed by atoms with Gasteiger partial charge in [0.2, 0.25) is 5.91 Å². The Morgan fingerprint density at radius 2 is 1.89 bits per heavy atom. The monoisotopic (exact) mass is 380 g/mol. The predicted octanol–water partition coefficient (Wildman–Crippen LogP) is 4.39. The molecule has 138 valence electrons. The molecule has 27 heavy (non-hydrogen) atoms. The van der Waals surface area contributed by atoms with E-state index < -0.39 is 5.97 Å². The number of aromatic nitrogens is 1. The van der Waals surface area contributed by atoms with E-state index in [0.29, 0.717) is 11.3 Å². The molecule has 1 N–H and O–H groups in total. The number of aryl methyl sites for hydroxylation is 2. The molecule has 0 aliphatic heterocycles. The summed E-state index contributed by atoms with van der Waals surface area (Å²) < 4.78 is 4.70. The molecule has 1 heterocycles. The topological polar surface area (TPSA) is 68.3 Å². The molecule has 0 unspecified atom stereocenters. The molecule has 1 aromatic heterocycles. The highest BCUT2D eigenvalue weighted by Gasteiger charge is 2.14. The summed E-state index contributed by atoms with van der Waals surface area (Å²) in [5.74, 6) is -0.591. The minimum absolute atomic E-state index is 0.153. The molecule has 0 bridgehead atoms. The Labute approximate surface area is 162 Å². The van der Waals surface area contributed by atoms with Crippen molar-refractivity contribution in [2.45, 2.75) is 20.3 Å². The summed E-state index contributed by atoms with van der Waals surface area (Å²) in [6, 6.07) is 14.8. The quantitative estimate of drug-likeness (QED) is 0.667. The van der Waals surface area contributed by atoms with Gasteiger partial charge >= 0.3 is 5.97 Å². The number of rotatable bonds is 5. The van der Waals surface area contributed by atoms with E-state index in [1.165, 1.54) is 24.0 Å².